The summed E-state index contributed by atoms with van der Waals surface area (Å²) in [6.07, 6.45) is 0. The first-order valence-corrected chi connectivity index (χ1v) is 7.72. The first kappa shape index (κ1) is 16.6. The maximum atomic E-state index is 11.9. The molecule has 0 aliphatic rings. The van der Waals surface area contributed by atoms with Crippen LogP contribution in [0.5, 0.6) is 0 Å². The molecule has 0 spiro atoms. The maximum absolute atomic E-state index is 11.9. The van der Waals surface area contributed by atoms with Crippen LogP contribution in [-0.4, -0.2) is 26.5 Å². The number of nitrogens with one attached hydrogen (secondary N) is 1. The summed E-state index contributed by atoms with van der Waals surface area (Å²) in [6.45, 7) is 1.50. The van der Waals surface area contributed by atoms with Gasteiger partial charge in [-0.25, -0.2) is 0 Å². The molecule has 22 heavy (non-hydrogen) atoms. The number of hydrogen-bond donors (Lipinski definition) is 2. The Hall–Kier alpha value is -1.77. The molecule has 0 bridgehead atoms. The van der Waals surface area contributed by atoms with Crippen molar-refractivity contribution in [2.45, 2.75) is 12.1 Å². The number of anilines is 1. The molecule has 1 amide bonds. The molecule has 3 N–H and O–H groups in total. The molecular formula is C12H11Cl2N5O2S. The number of rotatable bonds is 4. The van der Waals surface area contributed by atoms with Gasteiger partial charge in [-0.3, -0.25) is 9.59 Å². The minimum Gasteiger partial charge on any atom is -0.334 e. The second-order valence-corrected chi connectivity index (χ2v) is 5.91. The van der Waals surface area contributed by atoms with Crippen molar-refractivity contribution in [3.05, 3.63) is 44.3 Å². The summed E-state index contributed by atoms with van der Waals surface area (Å²) >= 11 is 12.8. The molecule has 10 heteroatoms. The number of thioether (sulfide) groups is 1. The molecule has 116 valence electrons. The van der Waals surface area contributed by atoms with Gasteiger partial charge >= 0.3 is 0 Å². The smallest absolute Gasteiger partial charge is 0.294 e. The van der Waals surface area contributed by atoms with E-state index >= 15 is 0 Å². The van der Waals surface area contributed by atoms with E-state index in [9.17, 15) is 9.59 Å². The molecule has 1 aromatic heterocycles. The lowest BCUT2D eigenvalue weighted by Crippen LogP contribution is -2.32. The van der Waals surface area contributed by atoms with Crippen LogP contribution < -0.4 is 16.7 Å². The average Bonchev–Trinajstić information content (AvgIpc) is 2.49. The largest absolute Gasteiger partial charge is 0.334 e. The number of carbonyl (C=O) groups excluding carboxylic acids is 1. The zero-order valence-corrected chi connectivity index (χ0v) is 13.7. The van der Waals surface area contributed by atoms with Crippen molar-refractivity contribution in [1.82, 2.24) is 14.9 Å². The van der Waals surface area contributed by atoms with Gasteiger partial charge in [0.05, 0.1) is 21.5 Å². The SMILES string of the molecule is Cc1nnc(SCC(=O)Nc2cccc(Cl)c2Cl)n(N)c1=O. The van der Waals surface area contributed by atoms with Crippen molar-refractivity contribution in [1.29, 1.82) is 0 Å². The minimum absolute atomic E-state index is 0.0166. The number of benzene rings is 1. The minimum atomic E-state index is -0.462. The van der Waals surface area contributed by atoms with Crippen LogP contribution in [0.15, 0.2) is 28.2 Å². The highest BCUT2D eigenvalue weighted by atomic mass is 35.5. The number of aromatic nitrogens is 3. The number of hydrogen-bond acceptors (Lipinski definition) is 6. The zero-order valence-electron chi connectivity index (χ0n) is 11.3. The number of carbonyl (C=O) groups is 1. The fourth-order valence-corrected chi connectivity index (χ4v) is 2.49. The third-order valence-corrected chi connectivity index (χ3v) is 4.34. The third-order valence-electron chi connectivity index (χ3n) is 2.58. The molecule has 2 rings (SSSR count). The molecule has 0 saturated heterocycles. The van der Waals surface area contributed by atoms with Gasteiger partial charge in [0, 0.05) is 0 Å². The van der Waals surface area contributed by atoms with Gasteiger partial charge in [0.2, 0.25) is 11.1 Å². The van der Waals surface area contributed by atoms with Crippen LogP contribution in [0.2, 0.25) is 10.0 Å². The summed E-state index contributed by atoms with van der Waals surface area (Å²) in [4.78, 5) is 23.5. The first-order chi connectivity index (χ1) is 10.4. The molecule has 0 unspecified atom stereocenters. The molecule has 0 fully saturated rings. The second kappa shape index (κ2) is 6.99. The van der Waals surface area contributed by atoms with Crippen molar-refractivity contribution < 1.29 is 4.79 Å². The lowest BCUT2D eigenvalue weighted by molar-refractivity contribution is -0.113. The van der Waals surface area contributed by atoms with E-state index < -0.39 is 5.56 Å². The van der Waals surface area contributed by atoms with E-state index in [1.165, 1.54) is 6.92 Å². The number of amides is 1. The van der Waals surface area contributed by atoms with Crippen molar-refractivity contribution in [2.75, 3.05) is 16.9 Å². The standard InChI is InChI=1S/C12H11Cl2N5O2S/c1-6-11(21)19(15)12(18-17-6)22-5-9(20)16-8-4-2-3-7(13)10(8)14/h2-4H,5,15H2,1H3,(H,16,20). The number of nitrogens with zero attached hydrogens (tertiary/aromatic N) is 3. The topological polar surface area (TPSA) is 103 Å². The van der Waals surface area contributed by atoms with Crippen LogP contribution in [0.25, 0.3) is 0 Å². The Morgan fingerprint density at radius 2 is 2.14 bits per heavy atom. The van der Waals surface area contributed by atoms with Crippen molar-refractivity contribution in [3.8, 4) is 0 Å². The van der Waals surface area contributed by atoms with Gasteiger partial charge in [0.1, 0.15) is 5.69 Å². The fourth-order valence-electron chi connectivity index (χ4n) is 1.49. The van der Waals surface area contributed by atoms with Gasteiger partial charge in [0.15, 0.2) is 0 Å². The van der Waals surface area contributed by atoms with E-state index in [0.717, 1.165) is 16.4 Å². The second-order valence-electron chi connectivity index (χ2n) is 4.18. The van der Waals surface area contributed by atoms with Gasteiger partial charge in [-0.15, -0.1) is 10.2 Å². The molecular weight excluding hydrogens is 349 g/mol. The normalized spacial score (nSPS) is 10.5. The Morgan fingerprint density at radius 1 is 1.41 bits per heavy atom. The molecule has 7 nitrogen and oxygen atoms in total. The Labute approximate surface area is 139 Å². The number of nitrogen functional groups attached to an aromatic ring is 1. The van der Waals surface area contributed by atoms with E-state index in [1.54, 1.807) is 18.2 Å². The molecule has 0 atom stereocenters. The Bertz CT molecular complexity index is 781. The number of nitrogens with two attached hydrogens (primary N) is 1. The van der Waals surface area contributed by atoms with E-state index in [0.29, 0.717) is 10.7 Å². The summed E-state index contributed by atoms with van der Waals surface area (Å²) in [5.41, 5.74) is 0.123. The van der Waals surface area contributed by atoms with Gasteiger partial charge in [-0.05, 0) is 19.1 Å². The molecule has 0 aliphatic carbocycles. The van der Waals surface area contributed by atoms with E-state index in [-0.39, 0.29) is 27.5 Å². The predicted octanol–water partition coefficient (Wildman–Crippen LogP) is 1.70. The average molecular weight is 360 g/mol. The monoisotopic (exact) mass is 359 g/mol. The maximum Gasteiger partial charge on any atom is 0.294 e. The van der Waals surface area contributed by atoms with Gasteiger partial charge in [0.25, 0.3) is 5.56 Å². The van der Waals surface area contributed by atoms with Crippen LogP contribution >= 0.6 is 35.0 Å². The molecule has 0 radical (unpaired) electrons. The summed E-state index contributed by atoms with van der Waals surface area (Å²) in [5.74, 6) is 5.22. The summed E-state index contributed by atoms with van der Waals surface area (Å²) in [6, 6.07) is 4.91. The van der Waals surface area contributed by atoms with Crippen LogP contribution in [0, 0.1) is 6.92 Å². The third kappa shape index (κ3) is 3.70. The molecule has 2 aromatic rings. The summed E-state index contributed by atoms with van der Waals surface area (Å²) in [7, 11) is 0. The van der Waals surface area contributed by atoms with Crippen molar-refractivity contribution in [3.63, 3.8) is 0 Å². The Balaban J connectivity index is 2.03. The van der Waals surface area contributed by atoms with Gasteiger partial charge < -0.3 is 11.2 Å². The van der Waals surface area contributed by atoms with E-state index in [2.05, 4.69) is 15.5 Å². The van der Waals surface area contributed by atoms with E-state index in [4.69, 9.17) is 29.0 Å². The fraction of sp³-hybridized carbons (Fsp3) is 0.167. The highest BCUT2D eigenvalue weighted by Crippen LogP contribution is 2.29. The molecule has 0 saturated carbocycles. The highest BCUT2D eigenvalue weighted by molar-refractivity contribution is 7.99. The first-order valence-electron chi connectivity index (χ1n) is 5.98. The van der Waals surface area contributed by atoms with Crippen molar-refractivity contribution in [2.24, 2.45) is 0 Å². The Kier molecular flexibility index (Phi) is 5.28. The van der Waals surface area contributed by atoms with Gasteiger partial charge in [-0.1, -0.05) is 41.0 Å². The summed E-state index contributed by atoms with van der Waals surface area (Å²) < 4.78 is 0.854. The predicted molar refractivity (Wildman–Crippen MR) is 87.0 cm³/mol. The quantitative estimate of drug-likeness (QED) is 0.636. The van der Waals surface area contributed by atoms with Crippen LogP contribution in [0.4, 0.5) is 5.69 Å². The highest BCUT2D eigenvalue weighted by Gasteiger charge is 2.12. The lowest BCUT2D eigenvalue weighted by Gasteiger charge is -2.08. The van der Waals surface area contributed by atoms with E-state index in [1.807, 2.05) is 0 Å². The van der Waals surface area contributed by atoms with Crippen LogP contribution in [-0.2, 0) is 4.79 Å². The Morgan fingerprint density at radius 3 is 2.86 bits per heavy atom. The molecule has 1 aromatic carbocycles. The van der Waals surface area contributed by atoms with Crippen LogP contribution in [0.3, 0.4) is 0 Å². The van der Waals surface area contributed by atoms with Crippen LogP contribution in [0.1, 0.15) is 5.69 Å². The van der Waals surface area contributed by atoms with Crippen molar-refractivity contribution >= 4 is 46.6 Å². The molecule has 0 aliphatic heterocycles. The zero-order chi connectivity index (χ0) is 16.3. The molecule has 1 heterocycles. The van der Waals surface area contributed by atoms with Gasteiger partial charge in [-0.2, -0.15) is 4.68 Å². The number of aryl methyl sites for hydroxylation is 1. The lowest BCUT2D eigenvalue weighted by atomic mass is 10.3. The summed E-state index contributed by atoms with van der Waals surface area (Å²) in [5, 5.41) is 10.8. The number of halogens is 2.